The normalized spacial score (nSPS) is 10.7. The monoisotopic (exact) mass is 361 g/mol. The van der Waals surface area contributed by atoms with Gasteiger partial charge in [0.25, 0.3) is 11.5 Å². The molecule has 0 atom stereocenters. The van der Waals surface area contributed by atoms with Crippen LogP contribution in [0.2, 0.25) is 0 Å². The molecule has 26 heavy (non-hydrogen) atoms. The number of carboxylic acid groups (broad SMARTS) is 1. The molecule has 0 fully saturated rings. The van der Waals surface area contributed by atoms with Gasteiger partial charge >= 0.3 is 5.97 Å². The van der Waals surface area contributed by atoms with E-state index in [0.29, 0.717) is 24.4 Å². The zero-order chi connectivity index (χ0) is 18.9. The van der Waals surface area contributed by atoms with Crippen LogP contribution in [0.25, 0.3) is 5.52 Å². The number of carbonyl (C=O) groups excluding carboxylic acids is 1. The molecule has 0 radical (unpaired) electrons. The Labute approximate surface area is 150 Å². The first-order valence-electron chi connectivity index (χ1n) is 8.51. The average molecular weight is 361 g/mol. The molecule has 0 aromatic carbocycles. The summed E-state index contributed by atoms with van der Waals surface area (Å²) in [5.74, 6) is -1.08. The van der Waals surface area contributed by atoms with Crippen LogP contribution >= 0.6 is 0 Å². The highest BCUT2D eigenvalue weighted by Crippen LogP contribution is 2.13. The first-order valence-corrected chi connectivity index (χ1v) is 8.51. The number of pyridine rings is 2. The summed E-state index contributed by atoms with van der Waals surface area (Å²) in [5, 5.41) is 11.0. The highest BCUT2D eigenvalue weighted by atomic mass is 16.5. The summed E-state index contributed by atoms with van der Waals surface area (Å²) in [6.45, 7) is 1.14. The average Bonchev–Trinajstić information content (AvgIpc) is 2.61. The van der Waals surface area contributed by atoms with E-state index >= 15 is 0 Å². The van der Waals surface area contributed by atoms with E-state index in [2.05, 4.69) is 5.32 Å². The van der Waals surface area contributed by atoms with Crippen LogP contribution in [0.5, 0.6) is 5.75 Å². The summed E-state index contributed by atoms with van der Waals surface area (Å²) in [5.41, 5.74) is 5.55. The molecule has 0 saturated carbocycles. The molecule has 8 heteroatoms. The number of hydrogen-bond donors (Lipinski definition) is 3. The number of aromatic nitrogens is 1. The molecule has 0 unspecified atom stereocenters. The maximum Gasteiger partial charge on any atom is 0.305 e. The summed E-state index contributed by atoms with van der Waals surface area (Å²) >= 11 is 0. The molecule has 0 aliphatic heterocycles. The lowest BCUT2D eigenvalue weighted by molar-refractivity contribution is -0.136. The van der Waals surface area contributed by atoms with Crippen LogP contribution in [0.3, 0.4) is 0 Å². The predicted molar refractivity (Wildman–Crippen MR) is 96.7 cm³/mol. The summed E-state index contributed by atoms with van der Waals surface area (Å²) in [4.78, 5) is 35.1. The van der Waals surface area contributed by atoms with E-state index < -0.39 is 17.4 Å². The van der Waals surface area contributed by atoms with Crippen molar-refractivity contribution in [2.75, 3.05) is 19.7 Å². The number of nitrogens with zero attached hydrogens (tertiary/aromatic N) is 1. The smallest absolute Gasteiger partial charge is 0.305 e. The molecule has 2 rings (SSSR count). The van der Waals surface area contributed by atoms with Crippen LogP contribution in [0.1, 0.15) is 36.0 Å². The second-order valence-electron chi connectivity index (χ2n) is 5.81. The zero-order valence-electron chi connectivity index (χ0n) is 14.4. The van der Waals surface area contributed by atoms with Crippen molar-refractivity contribution in [2.24, 2.45) is 5.73 Å². The lowest BCUT2D eigenvalue weighted by Crippen LogP contribution is -2.32. The van der Waals surface area contributed by atoms with Crippen LogP contribution in [-0.4, -0.2) is 41.1 Å². The quantitative estimate of drug-likeness (QED) is 0.543. The number of nitrogens with two attached hydrogens (primary N) is 1. The lowest BCUT2D eigenvalue weighted by atomic mass is 10.2. The second-order valence-corrected chi connectivity index (χ2v) is 5.81. The number of ether oxygens (including phenoxy) is 1. The Kier molecular flexibility index (Phi) is 7.16. The van der Waals surface area contributed by atoms with Gasteiger partial charge in [-0.2, -0.15) is 0 Å². The molecular weight excluding hydrogens is 338 g/mol. The Hall–Kier alpha value is -2.87. The first-order chi connectivity index (χ1) is 12.5. The number of fused-ring (bicyclic) bond motifs is 1. The van der Waals surface area contributed by atoms with Crippen molar-refractivity contribution >= 4 is 17.4 Å². The maximum absolute atomic E-state index is 12.6. The highest BCUT2D eigenvalue weighted by Gasteiger charge is 2.12. The molecular formula is C18H23N3O5. The highest BCUT2D eigenvalue weighted by molar-refractivity contribution is 5.94. The van der Waals surface area contributed by atoms with E-state index in [4.69, 9.17) is 15.6 Å². The molecule has 2 aromatic rings. The fourth-order valence-electron chi connectivity index (χ4n) is 2.42. The number of hydrogen-bond acceptors (Lipinski definition) is 5. The van der Waals surface area contributed by atoms with Crippen LogP contribution in [0.4, 0.5) is 0 Å². The minimum absolute atomic E-state index is 0.0394. The summed E-state index contributed by atoms with van der Waals surface area (Å²) in [6, 6.07) is 6.59. The number of carboxylic acids is 1. The third-order valence-electron chi connectivity index (χ3n) is 3.81. The molecule has 0 spiro atoms. The van der Waals surface area contributed by atoms with Gasteiger partial charge in [-0.05, 0) is 50.1 Å². The Morgan fingerprint density at radius 3 is 2.65 bits per heavy atom. The van der Waals surface area contributed by atoms with Crippen LogP contribution in [-0.2, 0) is 4.79 Å². The van der Waals surface area contributed by atoms with Crippen molar-refractivity contribution in [3.05, 3.63) is 46.4 Å². The number of nitrogens with one attached hydrogen (secondary N) is 1. The molecule has 1 amide bonds. The molecule has 4 N–H and O–H groups in total. The van der Waals surface area contributed by atoms with Crippen molar-refractivity contribution in [1.82, 2.24) is 9.72 Å². The van der Waals surface area contributed by atoms with Gasteiger partial charge in [-0.15, -0.1) is 0 Å². The number of amides is 1. The number of aliphatic carboxylic acids is 1. The fraction of sp³-hybridized carbons (Fsp3) is 0.389. The lowest BCUT2D eigenvalue weighted by Gasteiger charge is -2.09. The van der Waals surface area contributed by atoms with Gasteiger partial charge in [-0.1, -0.05) is 0 Å². The standard InChI is InChI=1S/C18H23N3O5/c19-9-2-1-3-11-26-14-6-4-13-5-7-15(18(25)21(13)12-14)17(24)20-10-8-16(22)23/h4-7,12H,1-3,8-11,19H2,(H,20,24)(H,22,23). The van der Waals surface area contributed by atoms with Gasteiger partial charge < -0.3 is 20.9 Å². The molecule has 0 saturated heterocycles. The van der Waals surface area contributed by atoms with Crippen molar-refractivity contribution < 1.29 is 19.4 Å². The summed E-state index contributed by atoms with van der Waals surface area (Å²) in [6.07, 6.45) is 4.14. The summed E-state index contributed by atoms with van der Waals surface area (Å²) < 4.78 is 6.99. The third kappa shape index (κ3) is 5.32. The minimum atomic E-state index is -1.02. The van der Waals surface area contributed by atoms with E-state index in [0.717, 1.165) is 19.3 Å². The molecule has 140 valence electrons. The second kappa shape index (κ2) is 9.57. The van der Waals surface area contributed by atoms with Crippen molar-refractivity contribution in [3.8, 4) is 5.75 Å². The topological polar surface area (TPSA) is 123 Å². The number of unbranched alkanes of at least 4 members (excludes halogenated alkanes) is 2. The van der Waals surface area contributed by atoms with Crippen molar-refractivity contribution in [3.63, 3.8) is 0 Å². The van der Waals surface area contributed by atoms with Gasteiger partial charge in [-0.3, -0.25) is 18.8 Å². The van der Waals surface area contributed by atoms with Crippen molar-refractivity contribution in [2.45, 2.75) is 25.7 Å². The Morgan fingerprint density at radius 1 is 1.15 bits per heavy atom. The SMILES string of the molecule is NCCCCCOc1ccc2ccc(C(=O)NCCC(=O)O)c(=O)n2c1. The van der Waals surface area contributed by atoms with E-state index in [9.17, 15) is 14.4 Å². The largest absolute Gasteiger partial charge is 0.492 e. The third-order valence-corrected chi connectivity index (χ3v) is 3.81. The molecule has 0 aliphatic rings. The molecule has 2 heterocycles. The van der Waals surface area contributed by atoms with Crippen LogP contribution < -0.4 is 21.3 Å². The summed E-state index contributed by atoms with van der Waals surface area (Å²) in [7, 11) is 0. The fourth-order valence-corrected chi connectivity index (χ4v) is 2.42. The predicted octanol–water partition coefficient (Wildman–Crippen LogP) is 1.01. The van der Waals surface area contributed by atoms with E-state index in [1.54, 1.807) is 24.4 Å². The number of rotatable bonds is 10. The van der Waals surface area contributed by atoms with Gasteiger partial charge in [0.2, 0.25) is 0 Å². The Morgan fingerprint density at radius 2 is 1.92 bits per heavy atom. The Balaban J connectivity index is 2.11. The van der Waals surface area contributed by atoms with Crippen molar-refractivity contribution in [1.29, 1.82) is 0 Å². The number of carbonyl (C=O) groups is 2. The van der Waals surface area contributed by atoms with Gasteiger partial charge in [0, 0.05) is 12.1 Å². The van der Waals surface area contributed by atoms with Gasteiger partial charge in [-0.25, -0.2) is 0 Å². The van der Waals surface area contributed by atoms with Crippen LogP contribution in [0.15, 0.2) is 35.3 Å². The van der Waals surface area contributed by atoms with Gasteiger partial charge in [0.1, 0.15) is 11.3 Å². The molecule has 0 aliphatic carbocycles. The van der Waals surface area contributed by atoms with E-state index in [1.165, 1.54) is 10.5 Å². The van der Waals surface area contributed by atoms with E-state index in [-0.39, 0.29) is 18.5 Å². The minimum Gasteiger partial charge on any atom is -0.492 e. The van der Waals surface area contributed by atoms with Gasteiger partial charge in [0.05, 0.1) is 19.2 Å². The first kappa shape index (κ1) is 19.5. The molecule has 8 nitrogen and oxygen atoms in total. The molecule has 0 bridgehead atoms. The van der Waals surface area contributed by atoms with E-state index in [1.807, 2.05) is 0 Å². The zero-order valence-corrected chi connectivity index (χ0v) is 14.4. The van der Waals surface area contributed by atoms with Crippen LogP contribution in [0, 0.1) is 0 Å². The molecule has 2 aromatic heterocycles. The Bertz CT molecular complexity index is 831. The van der Waals surface area contributed by atoms with Gasteiger partial charge in [0.15, 0.2) is 0 Å². The maximum atomic E-state index is 12.6.